The van der Waals surface area contributed by atoms with Gasteiger partial charge in [0, 0.05) is 25.3 Å². The first-order valence-electron chi connectivity index (χ1n) is 9.92. The Morgan fingerprint density at radius 3 is 2.73 bits per heavy atom. The number of hydrogen-bond donors (Lipinski definition) is 2. The van der Waals surface area contributed by atoms with Crippen molar-refractivity contribution in [1.82, 2.24) is 25.1 Å². The first kappa shape index (κ1) is 21.5. The van der Waals surface area contributed by atoms with Crippen molar-refractivity contribution in [3.05, 3.63) is 47.3 Å². The average molecular weight is 412 g/mol. The van der Waals surface area contributed by atoms with Gasteiger partial charge in [0.15, 0.2) is 0 Å². The first-order chi connectivity index (χ1) is 14.3. The van der Waals surface area contributed by atoms with Gasteiger partial charge in [-0.05, 0) is 38.6 Å². The number of rotatable bonds is 6. The van der Waals surface area contributed by atoms with Crippen molar-refractivity contribution in [3.8, 4) is 5.75 Å². The molecule has 160 valence electrons. The number of piperazine rings is 1. The van der Waals surface area contributed by atoms with Gasteiger partial charge in [-0.15, -0.1) is 0 Å². The lowest BCUT2D eigenvalue weighted by atomic mass is 10.1. The molecule has 2 aromatic rings. The van der Waals surface area contributed by atoms with Crippen LogP contribution in [0.25, 0.3) is 0 Å². The SMILES string of the molecule is Cc1cc(C(=O)N2CCN(C)[C@@H](C(=O)NCCOc3ccccc3C)C2)nc(N)n1. The largest absolute Gasteiger partial charge is 0.491 e. The van der Waals surface area contributed by atoms with Crippen LogP contribution in [-0.2, 0) is 4.79 Å². The number of hydrogen-bond acceptors (Lipinski definition) is 7. The third-order valence-corrected chi connectivity index (χ3v) is 5.08. The summed E-state index contributed by atoms with van der Waals surface area (Å²) in [6.45, 7) is 5.86. The van der Waals surface area contributed by atoms with Crippen molar-refractivity contribution in [3.63, 3.8) is 0 Å². The van der Waals surface area contributed by atoms with Crippen LogP contribution in [0.1, 0.15) is 21.7 Å². The first-order valence-corrected chi connectivity index (χ1v) is 9.92. The maximum absolute atomic E-state index is 12.8. The number of nitrogens with two attached hydrogens (primary N) is 1. The zero-order valence-electron chi connectivity index (χ0n) is 17.6. The Morgan fingerprint density at radius 2 is 2.00 bits per heavy atom. The highest BCUT2D eigenvalue weighted by Gasteiger charge is 2.33. The van der Waals surface area contributed by atoms with Crippen LogP contribution >= 0.6 is 0 Å². The van der Waals surface area contributed by atoms with E-state index in [1.807, 2.05) is 43.1 Å². The summed E-state index contributed by atoms with van der Waals surface area (Å²) in [6.07, 6.45) is 0. The second-order valence-corrected chi connectivity index (χ2v) is 7.41. The molecule has 0 radical (unpaired) electrons. The van der Waals surface area contributed by atoms with Gasteiger partial charge in [-0.2, -0.15) is 0 Å². The van der Waals surface area contributed by atoms with E-state index in [0.717, 1.165) is 11.3 Å². The van der Waals surface area contributed by atoms with Gasteiger partial charge in [0.25, 0.3) is 5.91 Å². The summed E-state index contributed by atoms with van der Waals surface area (Å²) >= 11 is 0. The van der Waals surface area contributed by atoms with Crippen LogP contribution in [0.5, 0.6) is 5.75 Å². The highest BCUT2D eigenvalue weighted by atomic mass is 16.5. The second-order valence-electron chi connectivity index (χ2n) is 7.41. The predicted octanol–water partition coefficient (Wildman–Crippen LogP) is 0.627. The maximum atomic E-state index is 12.8. The van der Waals surface area contributed by atoms with Gasteiger partial charge in [0.1, 0.15) is 24.1 Å². The van der Waals surface area contributed by atoms with Crippen molar-refractivity contribution in [2.75, 3.05) is 45.6 Å². The maximum Gasteiger partial charge on any atom is 0.272 e. The number of nitrogens with one attached hydrogen (secondary N) is 1. The van der Waals surface area contributed by atoms with E-state index < -0.39 is 6.04 Å². The van der Waals surface area contributed by atoms with E-state index in [0.29, 0.717) is 31.9 Å². The van der Waals surface area contributed by atoms with E-state index in [2.05, 4.69) is 15.3 Å². The number of benzene rings is 1. The fourth-order valence-electron chi connectivity index (χ4n) is 3.38. The Balaban J connectivity index is 1.54. The molecule has 0 aliphatic carbocycles. The van der Waals surface area contributed by atoms with E-state index in [9.17, 15) is 9.59 Å². The molecule has 1 saturated heterocycles. The topological polar surface area (TPSA) is 114 Å². The van der Waals surface area contributed by atoms with E-state index in [4.69, 9.17) is 10.5 Å². The lowest BCUT2D eigenvalue weighted by Crippen LogP contribution is -2.59. The molecule has 0 saturated carbocycles. The Kier molecular flexibility index (Phi) is 6.83. The quantitative estimate of drug-likeness (QED) is 0.669. The van der Waals surface area contributed by atoms with Crippen molar-refractivity contribution in [2.24, 2.45) is 0 Å². The van der Waals surface area contributed by atoms with Gasteiger partial charge in [0.2, 0.25) is 11.9 Å². The zero-order chi connectivity index (χ0) is 21.7. The lowest BCUT2D eigenvalue weighted by molar-refractivity contribution is -0.127. The summed E-state index contributed by atoms with van der Waals surface area (Å²) < 4.78 is 5.72. The number of nitrogens with zero attached hydrogens (tertiary/aromatic N) is 4. The van der Waals surface area contributed by atoms with Gasteiger partial charge in [-0.3, -0.25) is 14.5 Å². The van der Waals surface area contributed by atoms with Gasteiger partial charge in [0.05, 0.1) is 6.54 Å². The number of amides is 2. The number of likely N-dealkylation sites (N-methyl/N-ethyl adjacent to an activating group) is 1. The fraction of sp³-hybridized carbons (Fsp3) is 0.429. The van der Waals surface area contributed by atoms with E-state index in [1.165, 1.54) is 0 Å². The van der Waals surface area contributed by atoms with Crippen LogP contribution in [0.2, 0.25) is 0 Å². The number of aryl methyl sites for hydroxylation is 2. The Hall–Kier alpha value is -3.20. The van der Waals surface area contributed by atoms with Crippen LogP contribution in [0.4, 0.5) is 5.95 Å². The monoisotopic (exact) mass is 412 g/mol. The molecule has 1 aromatic heterocycles. The number of ether oxygens (including phenoxy) is 1. The van der Waals surface area contributed by atoms with Crippen molar-refractivity contribution in [1.29, 1.82) is 0 Å². The minimum absolute atomic E-state index is 0.0652. The van der Waals surface area contributed by atoms with Crippen LogP contribution in [-0.4, -0.2) is 77.5 Å². The molecule has 30 heavy (non-hydrogen) atoms. The third kappa shape index (κ3) is 5.24. The smallest absolute Gasteiger partial charge is 0.272 e. The number of carbonyl (C=O) groups excluding carboxylic acids is 2. The number of nitrogen functional groups attached to an aromatic ring is 1. The van der Waals surface area contributed by atoms with Crippen molar-refractivity contribution >= 4 is 17.8 Å². The summed E-state index contributed by atoms with van der Waals surface area (Å²) in [6, 6.07) is 8.90. The molecule has 1 atom stereocenters. The highest BCUT2D eigenvalue weighted by Crippen LogP contribution is 2.16. The third-order valence-electron chi connectivity index (χ3n) is 5.08. The molecule has 0 unspecified atom stereocenters. The molecule has 0 spiro atoms. The number of aromatic nitrogens is 2. The summed E-state index contributed by atoms with van der Waals surface area (Å²) in [7, 11) is 1.88. The van der Waals surface area contributed by atoms with Crippen LogP contribution in [0, 0.1) is 13.8 Å². The molecule has 9 nitrogen and oxygen atoms in total. The second kappa shape index (κ2) is 9.53. The lowest BCUT2D eigenvalue weighted by Gasteiger charge is -2.38. The molecule has 9 heteroatoms. The summed E-state index contributed by atoms with van der Waals surface area (Å²) in [5.74, 6) is 0.482. The minimum atomic E-state index is -0.443. The molecule has 0 bridgehead atoms. The molecular weight excluding hydrogens is 384 g/mol. The van der Waals surface area contributed by atoms with Gasteiger partial charge in [-0.1, -0.05) is 18.2 Å². The van der Waals surface area contributed by atoms with Crippen molar-refractivity contribution in [2.45, 2.75) is 19.9 Å². The Morgan fingerprint density at radius 1 is 1.23 bits per heavy atom. The van der Waals surface area contributed by atoms with Crippen LogP contribution < -0.4 is 15.8 Å². The molecule has 1 aliphatic rings. The average Bonchev–Trinajstić information content (AvgIpc) is 2.71. The zero-order valence-corrected chi connectivity index (χ0v) is 17.6. The van der Waals surface area contributed by atoms with Crippen LogP contribution in [0.3, 0.4) is 0 Å². The highest BCUT2D eigenvalue weighted by molar-refractivity contribution is 5.93. The summed E-state index contributed by atoms with van der Waals surface area (Å²) in [5.41, 5.74) is 7.59. The predicted molar refractivity (Wildman–Crippen MR) is 113 cm³/mol. The standard InChI is InChI=1S/C21H28N6O3/c1-14-6-4-5-7-18(14)30-11-8-23-19(28)17-13-27(10-9-26(17)3)20(29)16-12-15(2)24-21(22)25-16/h4-7,12,17H,8-11,13H2,1-3H3,(H,23,28)(H2,22,24,25)/t17-/m1/s1. The van der Waals surface area contributed by atoms with Crippen molar-refractivity contribution < 1.29 is 14.3 Å². The van der Waals surface area contributed by atoms with Gasteiger partial charge >= 0.3 is 0 Å². The Bertz CT molecular complexity index is 899. The summed E-state index contributed by atoms with van der Waals surface area (Å²) in [5, 5.41) is 2.90. The molecule has 3 N–H and O–H groups in total. The van der Waals surface area contributed by atoms with Crippen LogP contribution in [0.15, 0.2) is 30.3 Å². The normalized spacial score (nSPS) is 16.9. The van der Waals surface area contributed by atoms with E-state index in [-0.39, 0.29) is 30.0 Å². The molecule has 2 heterocycles. The van der Waals surface area contributed by atoms with Gasteiger partial charge in [-0.25, -0.2) is 9.97 Å². The fourth-order valence-corrected chi connectivity index (χ4v) is 3.38. The molecule has 1 aliphatic heterocycles. The van der Waals surface area contributed by atoms with E-state index >= 15 is 0 Å². The molecule has 1 fully saturated rings. The van der Waals surface area contributed by atoms with Gasteiger partial charge < -0.3 is 20.7 Å². The molecule has 2 amide bonds. The minimum Gasteiger partial charge on any atom is -0.491 e. The summed E-state index contributed by atoms with van der Waals surface area (Å²) in [4.78, 5) is 37.2. The van der Waals surface area contributed by atoms with E-state index in [1.54, 1.807) is 17.9 Å². The number of carbonyl (C=O) groups is 2. The molecular formula is C21H28N6O3. The number of anilines is 1. The molecule has 1 aromatic carbocycles. The molecule has 3 rings (SSSR count). The Labute approximate surface area is 176 Å². The number of para-hydroxylation sites is 1.